The molecule has 2 saturated heterocycles. The van der Waals surface area contributed by atoms with Crippen molar-refractivity contribution in [1.82, 2.24) is 10.2 Å². The van der Waals surface area contributed by atoms with Gasteiger partial charge in [-0.1, -0.05) is 0 Å². The zero-order valence-corrected chi connectivity index (χ0v) is 10.6. The van der Waals surface area contributed by atoms with Gasteiger partial charge in [0.15, 0.2) is 0 Å². The van der Waals surface area contributed by atoms with Gasteiger partial charge in [-0.25, -0.2) is 0 Å². The summed E-state index contributed by atoms with van der Waals surface area (Å²) in [7, 11) is 0. The predicted octanol–water partition coefficient (Wildman–Crippen LogP) is 2.25. The fourth-order valence-electron chi connectivity index (χ4n) is 3.11. The van der Waals surface area contributed by atoms with E-state index in [1.54, 1.807) is 0 Å². The third-order valence-electron chi connectivity index (χ3n) is 4.33. The van der Waals surface area contributed by atoms with Gasteiger partial charge in [0.25, 0.3) is 0 Å². The highest BCUT2D eigenvalue weighted by Crippen LogP contribution is 2.38. The van der Waals surface area contributed by atoms with Gasteiger partial charge in [0.2, 0.25) is 0 Å². The first-order chi connectivity index (χ1) is 7.02. The highest BCUT2D eigenvalue weighted by Gasteiger charge is 2.37. The Hall–Kier alpha value is -0.0800. The molecule has 2 rings (SSSR count). The van der Waals surface area contributed by atoms with E-state index in [0.29, 0.717) is 11.0 Å². The molecule has 0 bridgehead atoms. The summed E-state index contributed by atoms with van der Waals surface area (Å²) >= 11 is 0. The third kappa shape index (κ3) is 2.54. The van der Waals surface area contributed by atoms with E-state index in [1.807, 2.05) is 0 Å². The number of hydrogen-bond acceptors (Lipinski definition) is 2. The Morgan fingerprint density at radius 1 is 1.07 bits per heavy atom. The lowest BCUT2D eigenvalue weighted by Gasteiger charge is -2.48. The fourth-order valence-corrected chi connectivity index (χ4v) is 3.11. The first-order valence-electron chi connectivity index (χ1n) is 6.48. The standard InChI is InChI=1S/C13H26N2/c1-12(2,3)15-9-6-13(7-10-15)5-4-8-14-11-13/h14H,4-11H2,1-3H3. The van der Waals surface area contributed by atoms with Gasteiger partial charge in [0.1, 0.15) is 0 Å². The lowest BCUT2D eigenvalue weighted by molar-refractivity contribution is 0.0294. The van der Waals surface area contributed by atoms with Crippen molar-refractivity contribution in [2.24, 2.45) is 5.41 Å². The largest absolute Gasteiger partial charge is 0.316 e. The summed E-state index contributed by atoms with van der Waals surface area (Å²) < 4.78 is 0. The van der Waals surface area contributed by atoms with Crippen LogP contribution in [0.1, 0.15) is 46.5 Å². The molecule has 2 nitrogen and oxygen atoms in total. The van der Waals surface area contributed by atoms with Gasteiger partial charge in [-0.05, 0) is 71.5 Å². The number of hydrogen-bond donors (Lipinski definition) is 1. The summed E-state index contributed by atoms with van der Waals surface area (Å²) in [5.41, 5.74) is 1.02. The summed E-state index contributed by atoms with van der Waals surface area (Å²) in [5.74, 6) is 0. The molecule has 2 aliphatic heterocycles. The lowest BCUT2D eigenvalue weighted by atomic mass is 9.72. The van der Waals surface area contributed by atoms with Crippen LogP contribution < -0.4 is 5.32 Å². The van der Waals surface area contributed by atoms with Crippen LogP contribution in [0.5, 0.6) is 0 Å². The molecule has 0 atom stereocenters. The molecule has 88 valence electrons. The number of piperidine rings is 2. The fraction of sp³-hybridized carbons (Fsp3) is 1.00. The van der Waals surface area contributed by atoms with Crippen LogP contribution in [0.3, 0.4) is 0 Å². The topological polar surface area (TPSA) is 15.3 Å². The molecule has 2 heterocycles. The second-order valence-corrected chi connectivity index (χ2v) is 6.44. The maximum absolute atomic E-state index is 3.58. The zero-order chi connectivity index (χ0) is 10.9. The summed E-state index contributed by atoms with van der Waals surface area (Å²) in [5, 5.41) is 3.58. The van der Waals surface area contributed by atoms with Crippen molar-refractivity contribution in [3.63, 3.8) is 0 Å². The van der Waals surface area contributed by atoms with Gasteiger partial charge >= 0.3 is 0 Å². The van der Waals surface area contributed by atoms with Crippen molar-refractivity contribution in [3.8, 4) is 0 Å². The van der Waals surface area contributed by atoms with Gasteiger partial charge in [0.05, 0.1) is 0 Å². The maximum Gasteiger partial charge on any atom is 0.0125 e. The highest BCUT2D eigenvalue weighted by atomic mass is 15.2. The summed E-state index contributed by atoms with van der Waals surface area (Å²) in [4.78, 5) is 2.65. The Labute approximate surface area is 94.4 Å². The summed E-state index contributed by atoms with van der Waals surface area (Å²) in [6.45, 7) is 12.1. The van der Waals surface area contributed by atoms with E-state index >= 15 is 0 Å². The minimum atomic E-state index is 0.365. The highest BCUT2D eigenvalue weighted by molar-refractivity contribution is 4.92. The van der Waals surface area contributed by atoms with E-state index in [0.717, 1.165) is 0 Å². The van der Waals surface area contributed by atoms with E-state index in [1.165, 1.54) is 51.9 Å². The van der Waals surface area contributed by atoms with Crippen molar-refractivity contribution >= 4 is 0 Å². The number of nitrogens with zero attached hydrogens (tertiary/aromatic N) is 1. The smallest absolute Gasteiger partial charge is 0.0125 e. The van der Waals surface area contributed by atoms with Crippen LogP contribution in [0.2, 0.25) is 0 Å². The Bertz CT molecular complexity index is 201. The normalized spacial score (nSPS) is 28.2. The average molecular weight is 210 g/mol. The van der Waals surface area contributed by atoms with E-state index < -0.39 is 0 Å². The Morgan fingerprint density at radius 3 is 2.20 bits per heavy atom. The molecular weight excluding hydrogens is 184 g/mol. The van der Waals surface area contributed by atoms with Gasteiger partial charge < -0.3 is 5.32 Å². The number of likely N-dealkylation sites (tertiary alicyclic amines) is 1. The SMILES string of the molecule is CC(C)(C)N1CCC2(CCCNC2)CC1. The van der Waals surface area contributed by atoms with E-state index in [2.05, 4.69) is 31.0 Å². The van der Waals surface area contributed by atoms with Crippen LogP contribution >= 0.6 is 0 Å². The first kappa shape index (κ1) is 11.4. The van der Waals surface area contributed by atoms with E-state index in [9.17, 15) is 0 Å². The van der Waals surface area contributed by atoms with Crippen molar-refractivity contribution in [3.05, 3.63) is 0 Å². The van der Waals surface area contributed by atoms with Crippen molar-refractivity contribution < 1.29 is 0 Å². The Kier molecular flexibility index (Phi) is 3.09. The van der Waals surface area contributed by atoms with Crippen LogP contribution in [0.15, 0.2) is 0 Å². The van der Waals surface area contributed by atoms with Crippen LogP contribution in [0.25, 0.3) is 0 Å². The van der Waals surface area contributed by atoms with Crippen LogP contribution in [0, 0.1) is 5.41 Å². The molecule has 0 radical (unpaired) electrons. The van der Waals surface area contributed by atoms with Gasteiger partial charge in [-0.15, -0.1) is 0 Å². The Balaban J connectivity index is 1.91. The first-order valence-corrected chi connectivity index (χ1v) is 6.48. The minimum absolute atomic E-state index is 0.365. The molecular formula is C13H26N2. The van der Waals surface area contributed by atoms with Crippen LogP contribution in [0.4, 0.5) is 0 Å². The van der Waals surface area contributed by atoms with Crippen molar-refractivity contribution in [1.29, 1.82) is 0 Å². The minimum Gasteiger partial charge on any atom is -0.316 e. The second kappa shape index (κ2) is 4.06. The molecule has 0 unspecified atom stereocenters. The number of nitrogens with one attached hydrogen (secondary N) is 1. The Morgan fingerprint density at radius 2 is 1.73 bits per heavy atom. The van der Waals surface area contributed by atoms with Crippen molar-refractivity contribution in [2.45, 2.75) is 52.0 Å². The third-order valence-corrected chi connectivity index (χ3v) is 4.33. The van der Waals surface area contributed by atoms with Gasteiger partial charge in [-0.2, -0.15) is 0 Å². The molecule has 15 heavy (non-hydrogen) atoms. The molecule has 1 spiro atoms. The molecule has 0 aliphatic carbocycles. The van der Waals surface area contributed by atoms with Gasteiger partial charge in [0, 0.05) is 12.1 Å². The predicted molar refractivity (Wildman–Crippen MR) is 65.1 cm³/mol. The number of rotatable bonds is 0. The molecule has 0 aromatic heterocycles. The monoisotopic (exact) mass is 210 g/mol. The molecule has 0 aromatic carbocycles. The molecule has 1 N–H and O–H groups in total. The molecule has 0 aromatic rings. The molecule has 2 heteroatoms. The molecule has 2 aliphatic rings. The van der Waals surface area contributed by atoms with Gasteiger partial charge in [-0.3, -0.25) is 4.90 Å². The lowest BCUT2D eigenvalue weighted by Crippen LogP contribution is -2.52. The van der Waals surface area contributed by atoms with Crippen LogP contribution in [-0.4, -0.2) is 36.6 Å². The summed E-state index contributed by atoms with van der Waals surface area (Å²) in [6, 6.07) is 0. The van der Waals surface area contributed by atoms with E-state index in [4.69, 9.17) is 0 Å². The van der Waals surface area contributed by atoms with Crippen LogP contribution in [-0.2, 0) is 0 Å². The molecule has 0 saturated carbocycles. The average Bonchev–Trinajstić information content (AvgIpc) is 2.18. The zero-order valence-electron chi connectivity index (χ0n) is 10.6. The summed E-state index contributed by atoms with van der Waals surface area (Å²) in [6.07, 6.45) is 5.64. The van der Waals surface area contributed by atoms with Crippen molar-refractivity contribution in [2.75, 3.05) is 26.2 Å². The molecule has 2 fully saturated rings. The quantitative estimate of drug-likeness (QED) is 0.660. The van der Waals surface area contributed by atoms with E-state index in [-0.39, 0.29) is 0 Å². The second-order valence-electron chi connectivity index (χ2n) is 6.44. The maximum atomic E-state index is 3.58. The molecule has 0 amide bonds.